The monoisotopic (exact) mass is 443 g/mol. The molecule has 0 aliphatic heterocycles. The number of hydrogen-bond donors (Lipinski definition) is 2. The quantitative estimate of drug-likeness (QED) is 0.499. The molecular formula is C22H25N3O5S. The molecule has 31 heavy (non-hydrogen) atoms. The first kappa shape index (κ1) is 22.4. The molecule has 1 aromatic carbocycles. The maximum atomic E-state index is 12.3. The van der Waals surface area contributed by atoms with E-state index in [4.69, 9.17) is 13.9 Å². The summed E-state index contributed by atoms with van der Waals surface area (Å²) in [5, 5.41) is 8.16. The molecule has 2 amide bonds. The summed E-state index contributed by atoms with van der Waals surface area (Å²) in [4.78, 5) is 28.4. The summed E-state index contributed by atoms with van der Waals surface area (Å²) < 4.78 is 16.4. The van der Waals surface area contributed by atoms with E-state index in [1.807, 2.05) is 37.4 Å². The lowest BCUT2D eigenvalue weighted by Gasteiger charge is -2.12. The summed E-state index contributed by atoms with van der Waals surface area (Å²) in [7, 11) is 1.52. The molecule has 0 unspecified atom stereocenters. The Balaban J connectivity index is 1.52. The minimum Gasteiger partial charge on any atom is -0.493 e. The molecule has 0 atom stereocenters. The topological polar surface area (TPSA) is 103 Å². The van der Waals surface area contributed by atoms with Gasteiger partial charge in [-0.25, -0.2) is 4.98 Å². The van der Waals surface area contributed by atoms with Crippen molar-refractivity contribution in [1.29, 1.82) is 0 Å². The number of ether oxygens (including phenoxy) is 2. The number of carbonyl (C=O) groups excluding carboxylic acids is 2. The van der Waals surface area contributed by atoms with E-state index in [0.717, 1.165) is 16.3 Å². The number of carbonyl (C=O) groups is 2. The first-order valence-corrected chi connectivity index (χ1v) is 10.7. The Morgan fingerprint density at radius 1 is 1.13 bits per heavy atom. The molecular weight excluding hydrogens is 418 g/mol. The SMILES string of the molecule is CCNC(=O)COc1ccc(CNC(=O)Cc2csc(-c3ccc(C)o3)n2)cc1OC. The molecule has 9 heteroatoms. The van der Waals surface area contributed by atoms with Crippen LogP contribution in [0.1, 0.15) is 23.9 Å². The number of furan rings is 1. The number of aromatic nitrogens is 1. The normalized spacial score (nSPS) is 10.5. The Kier molecular flexibility index (Phi) is 7.66. The first-order chi connectivity index (χ1) is 15.0. The summed E-state index contributed by atoms with van der Waals surface area (Å²) in [5.41, 5.74) is 1.54. The minimum absolute atomic E-state index is 0.0898. The van der Waals surface area contributed by atoms with Crippen LogP contribution < -0.4 is 20.1 Å². The van der Waals surface area contributed by atoms with Gasteiger partial charge in [0.25, 0.3) is 5.91 Å². The van der Waals surface area contributed by atoms with Crippen LogP contribution in [-0.4, -0.2) is 37.1 Å². The Morgan fingerprint density at radius 3 is 2.68 bits per heavy atom. The second-order valence-electron chi connectivity index (χ2n) is 6.74. The van der Waals surface area contributed by atoms with E-state index in [9.17, 15) is 9.59 Å². The van der Waals surface area contributed by atoms with Crippen LogP contribution in [0.4, 0.5) is 0 Å². The number of likely N-dealkylation sites (N-methyl/N-ethyl adjacent to an activating group) is 1. The zero-order valence-corrected chi connectivity index (χ0v) is 18.5. The van der Waals surface area contributed by atoms with Crippen LogP contribution in [0.25, 0.3) is 10.8 Å². The number of benzene rings is 1. The van der Waals surface area contributed by atoms with E-state index in [0.29, 0.717) is 36.0 Å². The van der Waals surface area contributed by atoms with Crippen LogP contribution in [0.5, 0.6) is 11.5 Å². The molecule has 0 aliphatic carbocycles. The molecule has 2 N–H and O–H groups in total. The molecule has 0 radical (unpaired) electrons. The fraction of sp³-hybridized carbons (Fsp3) is 0.318. The molecule has 0 saturated carbocycles. The molecule has 3 aromatic rings. The average Bonchev–Trinajstić information content (AvgIpc) is 3.40. The van der Waals surface area contributed by atoms with Gasteiger partial charge in [-0.05, 0) is 43.7 Å². The lowest BCUT2D eigenvalue weighted by Crippen LogP contribution is -2.28. The number of hydrogen-bond acceptors (Lipinski definition) is 7. The van der Waals surface area contributed by atoms with Gasteiger partial charge in [0, 0.05) is 18.5 Å². The summed E-state index contributed by atoms with van der Waals surface area (Å²) in [6.45, 7) is 4.51. The van der Waals surface area contributed by atoms with Crippen LogP contribution in [0.3, 0.4) is 0 Å². The molecule has 2 aromatic heterocycles. The lowest BCUT2D eigenvalue weighted by molar-refractivity contribution is -0.123. The third-order valence-corrected chi connectivity index (χ3v) is 5.20. The van der Waals surface area contributed by atoms with Crippen LogP contribution >= 0.6 is 11.3 Å². The molecule has 0 fully saturated rings. The van der Waals surface area contributed by atoms with Gasteiger partial charge in [-0.2, -0.15) is 0 Å². The van der Waals surface area contributed by atoms with E-state index < -0.39 is 0 Å². The zero-order chi connectivity index (χ0) is 22.2. The Labute approximate surface area is 184 Å². The van der Waals surface area contributed by atoms with Crippen molar-refractivity contribution >= 4 is 23.2 Å². The van der Waals surface area contributed by atoms with Gasteiger partial charge in [0.15, 0.2) is 28.9 Å². The smallest absolute Gasteiger partial charge is 0.257 e. The zero-order valence-electron chi connectivity index (χ0n) is 17.7. The molecule has 0 aliphatic rings. The largest absolute Gasteiger partial charge is 0.493 e. The highest BCUT2D eigenvalue weighted by molar-refractivity contribution is 7.13. The highest BCUT2D eigenvalue weighted by Crippen LogP contribution is 2.28. The summed E-state index contributed by atoms with van der Waals surface area (Å²) >= 11 is 1.44. The average molecular weight is 444 g/mol. The van der Waals surface area contributed by atoms with Crippen molar-refractivity contribution in [2.24, 2.45) is 0 Å². The van der Waals surface area contributed by atoms with Gasteiger partial charge in [0.1, 0.15) is 5.76 Å². The molecule has 0 bridgehead atoms. The van der Waals surface area contributed by atoms with E-state index in [-0.39, 0.29) is 24.8 Å². The van der Waals surface area contributed by atoms with Crippen molar-refractivity contribution in [2.75, 3.05) is 20.3 Å². The number of thiazole rings is 1. The summed E-state index contributed by atoms with van der Waals surface area (Å²) in [6, 6.07) is 9.06. The number of rotatable bonds is 10. The Morgan fingerprint density at radius 2 is 1.97 bits per heavy atom. The first-order valence-electron chi connectivity index (χ1n) is 9.82. The van der Waals surface area contributed by atoms with E-state index >= 15 is 0 Å². The third-order valence-electron chi connectivity index (χ3n) is 4.29. The van der Waals surface area contributed by atoms with Crippen molar-refractivity contribution in [1.82, 2.24) is 15.6 Å². The second-order valence-corrected chi connectivity index (χ2v) is 7.59. The van der Waals surface area contributed by atoms with E-state index in [1.165, 1.54) is 18.4 Å². The maximum Gasteiger partial charge on any atom is 0.257 e. The number of nitrogens with one attached hydrogen (secondary N) is 2. The predicted octanol–water partition coefficient (Wildman–Crippen LogP) is 3.09. The maximum absolute atomic E-state index is 12.3. The summed E-state index contributed by atoms with van der Waals surface area (Å²) in [6.07, 6.45) is 0.182. The van der Waals surface area contributed by atoms with Crippen LogP contribution in [0, 0.1) is 6.92 Å². The van der Waals surface area contributed by atoms with Crippen molar-refractivity contribution < 1.29 is 23.5 Å². The van der Waals surface area contributed by atoms with Crippen molar-refractivity contribution in [2.45, 2.75) is 26.8 Å². The number of nitrogens with zero attached hydrogens (tertiary/aromatic N) is 1. The standard InChI is InChI=1S/C22H25N3O5S/c1-4-23-21(27)12-29-17-8-6-15(9-19(17)28-3)11-24-20(26)10-16-13-31-22(25-16)18-7-5-14(2)30-18/h5-9,13H,4,10-12H2,1-3H3,(H,23,27)(H,24,26). The van der Waals surface area contributed by atoms with Gasteiger partial charge in [0.05, 0.1) is 19.2 Å². The number of amides is 2. The minimum atomic E-state index is -0.201. The van der Waals surface area contributed by atoms with Crippen LogP contribution in [0.15, 0.2) is 40.1 Å². The van der Waals surface area contributed by atoms with Crippen molar-refractivity contribution in [3.05, 3.63) is 52.7 Å². The fourth-order valence-electron chi connectivity index (χ4n) is 2.81. The fourth-order valence-corrected chi connectivity index (χ4v) is 3.59. The van der Waals surface area contributed by atoms with E-state index in [2.05, 4.69) is 15.6 Å². The molecule has 8 nitrogen and oxygen atoms in total. The molecule has 164 valence electrons. The van der Waals surface area contributed by atoms with Crippen molar-refractivity contribution in [3.8, 4) is 22.3 Å². The predicted molar refractivity (Wildman–Crippen MR) is 117 cm³/mol. The summed E-state index contributed by atoms with van der Waals surface area (Å²) in [5.74, 6) is 2.15. The number of aryl methyl sites for hydroxylation is 1. The van der Waals surface area contributed by atoms with Gasteiger partial charge >= 0.3 is 0 Å². The van der Waals surface area contributed by atoms with Gasteiger partial charge in [-0.3, -0.25) is 9.59 Å². The Bertz CT molecular complexity index is 1040. The third kappa shape index (κ3) is 6.32. The highest BCUT2D eigenvalue weighted by Gasteiger charge is 2.12. The molecule has 3 rings (SSSR count). The second kappa shape index (κ2) is 10.6. The van der Waals surface area contributed by atoms with Crippen molar-refractivity contribution in [3.63, 3.8) is 0 Å². The van der Waals surface area contributed by atoms with E-state index in [1.54, 1.807) is 12.1 Å². The van der Waals surface area contributed by atoms with Gasteiger partial charge < -0.3 is 24.5 Å². The van der Waals surface area contributed by atoms with Gasteiger partial charge in [0.2, 0.25) is 5.91 Å². The molecule has 0 saturated heterocycles. The lowest BCUT2D eigenvalue weighted by atomic mass is 10.2. The molecule has 2 heterocycles. The molecule has 0 spiro atoms. The highest BCUT2D eigenvalue weighted by atomic mass is 32.1. The van der Waals surface area contributed by atoms with Gasteiger partial charge in [-0.1, -0.05) is 6.07 Å². The van der Waals surface area contributed by atoms with Crippen LogP contribution in [-0.2, 0) is 22.6 Å². The number of methoxy groups -OCH3 is 1. The Hall–Kier alpha value is -3.33. The van der Waals surface area contributed by atoms with Gasteiger partial charge in [-0.15, -0.1) is 11.3 Å². The van der Waals surface area contributed by atoms with Crippen LogP contribution in [0.2, 0.25) is 0 Å².